The van der Waals surface area contributed by atoms with Crippen molar-refractivity contribution in [1.82, 2.24) is 10.6 Å². The van der Waals surface area contributed by atoms with Gasteiger partial charge >= 0.3 is 0 Å². The molecule has 1 heterocycles. The number of para-hydroxylation sites is 1. The molecule has 1 saturated heterocycles. The first kappa shape index (κ1) is 10.3. The first-order chi connectivity index (χ1) is 7.24. The van der Waals surface area contributed by atoms with E-state index in [9.17, 15) is 4.79 Å². The van der Waals surface area contributed by atoms with E-state index in [1.54, 1.807) is 0 Å². The second kappa shape index (κ2) is 4.12. The molecule has 1 unspecified atom stereocenters. The fraction of sp³-hybridized carbons (Fsp3) is 0.300. The topological polar surface area (TPSA) is 53.2 Å². The highest BCUT2D eigenvalue weighted by molar-refractivity contribution is 8.00. The Bertz CT molecular complexity index is 357. The molecule has 1 aliphatic rings. The van der Waals surface area contributed by atoms with Crippen LogP contribution < -0.4 is 16.0 Å². The molecule has 3 N–H and O–H groups in total. The van der Waals surface area contributed by atoms with Gasteiger partial charge in [0, 0.05) is 5.69 Å². The minimum atomic E-state index is -0.571. The molecule has 2 rings (SSSR count). The quantitative estimate of drug-likeness (QED) is 0.663. The number of thioether (sulfide) groups is 1. The molecular weight excluding hydrogens is 210 g/mol. The van der Waals surface area contributed by atoms with Crippen LogP contribution in [0.25, 0.3) is 0 Å². The minimum Gasteiger partial charge on any atom is -0.342 e. The van der Waals surface area contributed by atoms with Crippen molar-refractivity contribution < 1.29 is 4.79 Å². The second-order valence-corrected chi connectivity index (χ2v) is 4.30. The van der Waals surface area contributed by atoms with Crippen molar-refractivity contribution in [2.24, 2.45) is 0 Å². The predicted octanol–water partition coefficient (Wildman–Crippen LogP) is 0.792. The Balaban J connectivity index is 2.12. The fourth-order valence-corrected chi connectivity index (χ4v) is 2.12. The van der Waals surface area contributed by atoms with Gasteiger partial charge in [-0.25, -0.2) is 0 Å². The highest BCUT2D eigenvalue weighted by Gasteiger charge is 2.36. The Labute approximate surface area is 92.8 Å². The smallest absolute Gasteiger partial charge is 0.237 e. The molecule has 15 heavy (non-hydrogen) atoms. The SMILES string of the molecule is CSC1(Nc2ccccc2)NCC(=O)N1. The predicted molar refractivity (Wildman–Crippen MR) is 62.5 cm³/mol. The van der Waals surface area contributed by atoms with Crippen molar-refractivity contribution in [2.75, 3.05) is 18.1 Å². The molecule has 80 valence electrons. The van der Waals surface area contributed by atoms with E-state index in [4.69, 9.17) is 0 Å². The van der Waals surface area contributed by atoms with Crippen LogP contribution in [0.1, 0.15) is 0 Å². The number of hydrogen-bond donors (Lipinski definition) is 3. The third kappa shape index (κ3) is 2.24. The summed E-state index contributed by atoms with van der Waals surface area (Å²) in [5, 5.41) is 8.66. The van der Waals surface area contributed by atoms with Gasteiger partial charge < -0.3 is 10.6 Å². The van der Waals surface area contributed by atoms with Crippen molar-refractivity contribution in [3.63, 3.8) is 0 Å². The van der Waals surface area contributed by atoms with Crippen molar-refractivity contribution in [1.29, 1.82) is 0 Å². The molecule has 4 nitrogen and oxygen atoms in total. The molecule has 5 heteroatoms. The van der Waals surface area contributed by atoms with E-state index in [-0.39, 0.29) is 5.91 Å². The van der Waals surface area contributed by atoms with Gasteiger partial charge in [0.05, 0.1) is 6.54 Å². The standard InChI is InChI=1S/C10H13N3OS/c1-15-10(11-7-9(14)13-10)12-8-5-3-2-4-6-8/h2-6,11-12H,7H2,1H3,(H,13,14). The highest BCUT2D eigenvalue weighted by atomic mass is 32.2. The van der Waals surface area contributed by atoms with E-state index in [1.807, 2.05) is 36.6 Å². The Morgan fingerprint density at radius 1 is 1.40 bits per heavy atom. The lowest BCUT2D eigenvalue weighted by Gasteiger charge is -2.29. The van der Waals surface area contributed by atoms with Gasteiger partial charge in [0.1, 0.15) is 0 Å². The Morgan fingerprint density at radius 3 is 2.67 bits per heavy atom. The maximum atomic E-state index is 11.2. The summed E-state index contributed by atoms with van der Waals surface area (Å²) >= 11 is 1.52. The first-order valence-electron chi connectivity index (χ1n) is 4.68. The number of carbonyl (C=O) groups is 1. The molecular formula is C10H13N3OS. The van der Waals surface area contributed by atoms with Gasteiger partial charge in [-0.1, -0.05) is 30.0 Å². The lowest BCUT2D eigenvalue weighted by Crippen LogP contribution is -2.53. The molecule has 0 radical (unpaired) electrons. The maximum absolute atomic E-state index is 11.2. The van der Waals surface area contributed by atoms with Crippen LogP contribution in [0.2, 0.25) is 0 Å². The van der Waals surface area contributed by atoms with Gasteiger partial charge in [-0.15, -0.1) is 0 Å². The molecule has 0 bridgehead atoms. The normalized spacial score (nSPS) is 25.0. The molecule has 1 aliphatic heterocycles. The molecule has 1 atom stereocenters. The Morgan fingerprint density at radius 2 is 2.13 bits per heavy atom. The summed E-state index contributed by atoms with van der Waals surface area (Å²) < 4.78 is 0. The summed E-state index contributed by atoms with van der Waals surface area (Å²) in [6, 6.07) is 9.78. The van der Waals surface area contributed by atoms with Crippen LogP contribution in [0.15, 0.2) is 30.3 Å². The molecule has 0 saturated carbocycles. The average molecular weight is 223 g/mol. The number of nitrogens with one attached hydrogen (secondary N) is 3. The summed E-state index contributed by atoms with van der Waals surface area (Å²) in [6.07, 6.45) is 1.94. The number of anilines is 1. The first-order valence-corrected chi connectivity index (χ1v) is 5.91. The number of hydrogen-bond acceptors (Lipinski definition) is 4. The minimum absolute atomic E-state index is 0.00720. The summed E-state index contributed by atoms with van der Waals surface area (Å²) in [4.78, 5) is 11.2. The highest BCUT2D eigenvalue weighted by Crippen LogP contribution is 2.22. The van der Waals surface area contributed by atoms with Crippen molar-refractivity contribution >= 4 is 23.4 Å². The number of carbonyl (C=O) groups excluding carboxylic acids is 1. The molecule has 0 aromatic heterocycles. The summed E-state index contributed by atoms with van der Waals surface area (Å²) in [7, 11) is 0. The van der Waals surface area contributed by atoms with Crippen LogP contribution in [-0.4, -0.2) is 23.8 Å². The van der Waals surface area contributed by atoms with E-state index in [1.165, 1.54) is 11.8 Å². The molecule has 0 spiro atoms. The lowest BCUT2D eigenvalue weighted by atomic mass is 10.3. The van der Waals surface area contributed by atoms with Gasteiger partial charge in [-0.3, -0.25) is 10.1 Å². The van der Waals surface area contributed by atoms with Crippen LogP contribution in [0, 0.1) is 0 Å². The average Bonchev–Trinajstić information content (AvgIpc) is 2.62. The van der Waals surface area contributed by atoms with E-state index >= 15 is 0 Å². The van der Waals surface area contributed by atoms with Crippen LogP contribution in [-0.2, 0) is 4.79 Å². The van der Waals surface area contributed by atoms with Crippen molar-refractivity contribution in [3.8, 4) is 0 Å². The van der Waals surface area contributed by atoms with Gasteiger partial charge in [0.25, 0.3) is 0 Å². The third-order valence-electron chi connectivity index (χ3n) is 2.21. The van der Waals surface area contributed by atoms with Gasteiger partial charge in [-0.2, -0.15) is 0 Å². The van der Waals surface area contributed by atoms with Crippen LogP contribution in [0.3, 0.4) is 0 Å². The molecule has 1 fully saturated rings. The van der Waals surface area contributed by atoms with Crippen LogP contribution in [0.4, 0.5) is 5.69 Å². The fourth-order valence-electron chi connectivity index (χ4n) is 1.46. The maximum Gasteiger partial charge on any atom is 0.237 e. The summed E-state index contributed by atoms with van der Waals surface area (Å²) in [6.45, 7) is 0.348. The lowest BCUT2D eigenvalue weighted by molar-refractivity contribution is -0.118. The van der Waals surface area contributed by atoms with E-state index < -0.39 is 5.12 Å². The Kier molecular flexibility index (Phi) is 2.83. The van der Waals surface area contributed by atoms with Crippen molar-refractivity contribution in [3.05, 3.63) is 30.3 Å². The van der Waals surface area contributed by atoms with Gasteiger partial charge in [0.2, 0.25) is 11.0 Å². The summed E-state index contributed by atoms with van der Waals surface area (Å²) in [5.41, 5.74) is 0.974. The van der Waals surface area contributed by atoms with Gasteiger partial charge in [0.15, 0.2) is 0 Å². The molecule has 0 aliphatic carbocycles. The second-order valence-electron chi connectivity index (χ2n) is 3.28. The van der Waals surface area contributed by atoms with Crippen LogP contribution >= 0.6 is 11.8 Å². The zero-order valence-electron chi connectivity index (χ0n) is 8.41. The molecule has 1 aromatic carbocycles. The van der Waals surface area contributed by atoms with Crippen LogP contribution in [0.5, 0.6) is 0 Å². The molecule has 1 aromatic rings. The Hall–Kier alpha value is -1.20. The third-order valence-corrected chi connectivity index (χ3v) is 3.17. The van der Waals surface area contributed by atoms with E-state index in [0.717, 1.165) is 5.69 Å². The monoisotopic (exact) mass is 223 g/mol. The number of rotatable bonds is 3. The zero-order valence-corrected chi connectivity index (χ0v) is 9.23. The van der Waals surface area contributed by atoms with Crippen molar-refractivity contribution in [2.45, 2.75) is 5.12 Å². The number of benzene rings is 1. The summed E-state index contributed by atoms with van der Waals surface area (Å²) in [5.74, 6) is 0.00720. The van der Waals surface area contributed by atoms with E-state index in [2.05, 4.69) is 16.0 Å². The largest absolute Gasteiger partial charge is 0.342 e. The van der Waals surface area contributed by atoms with E-state index in [0.29, 0.717) is 6.54 Å². The number of amides is 1. The van der Waals surface area contributed by atoms with Gasteiger partial charge in [-0.05, 0) is 18.4 Å². The molecule has 1 amide bonds. The zero-order chi connectivity index (χ0) is 10.7.